The molecule has 1 aliphatic rings. The van der Waals surface area contributed by atoms with Gasteiger partial charge in [0.25, 0.3) is 0 Å². The third-order valence-corrected chi connectivity index (χ3v) is 6.49. The Labute approximate surface area is 106 Å². The quantitative estimate of drug-likeness (QED) is 0.831. The van der Waals surface area contributed by atoms with Crippen molar-refractivity contribution in [3.63, 3.8) is 0 Å². The molecule has 1 aromatic carbocycles. The first-order valence-electron chi connectivity index (χ1n) is 5.32. The van der Waals surface area contributed by atoms with Crippen molar-refractivity contribution < 1.29 is 16.8 Å². The van der Waals surface area contributed by atoms with Crippen LogP contribution in [0.15, 0.2) is 28.0 Å². The molecule has 98 valence electrons. The van der Waals surface area contributed by atoms with Crippen LogP contribution in [0.25, 0.3) is 6.08 Å². The van der Waals surface area contributed by atoms with Crippen LogP contribution in [0.4, 0.5) is 5.69 Å². The summed E-state index contributed by atoms with van der Waals surface area (Å²) in [7, 11) is -7.09. The van der Waals surface area contributed by atoms with Gasteiger partial charge in [-0.05, 0) is 23.8 Å². The topological polar surface area (TPSA) is 94.3 Å². The summed E-state index contributed by atoms with van der Waals surface area (Å²) in [6.07, 6.45) is 1.40. The molecule has 0 amide bonds. The molecule has 7 heteroatoms. The van der Waals surface area contributed by atoms with E-state index in [9.17, 15) is 16.8 Å². The van der Waals surface area contributed by atoms with Crippen molar-refractivity contribution in [2.75, 3.05) is 17.2 Å². The first kappa shape index (κ1) is 13.1. The first-order chi connectivity index (χ1) is 8.26. The summed E-state index contributed by atoms with van der Waals surface area (Å²) in [6.45, 7) is 1.49. The van der Waals surface area contributed by atoms with Crippen molar-refractivity contribution in [1.29, 1.82) is 0 Å². The lowest BCUT2D eigenvalue weighted by molar-refractivity contribution is 0.594. The van der Waals surface area contributed by atoms with Crippen molar-refractivity contribution >= 4 is 31.4 Å². The number of anilines is 1. The second kappa shape index (κ2) is 4.10. The first-order valence-corrected chi connectivity index (χ1v) is 8.62. The van der Waals surface area contributed by atoms with E-state index in [0.29, 0.717) is 11.3 Å². The molecule has 0 saturated carbocycles. The highest BCUT2D eigenvalue weighted by molar-refractivity contribution is 7.98. The smallest absolute Gasteiger partial charge is 0.204 e. The molecule has 0 aromatic heterocycles. The van der Waals surface area contributed by atoms with Crippen molar-refractivity contribution in [2.24, 2.45) is 0 Å². The molecule has 0 aliphatic carbocycles. The van der Waals surface area contributed by atoms with E-state index in [0.717, 1.165) is 0 Å². The normalized spacial score (nSPS) is 17.3. The van der Waals surface area contributed by atoms with Gasteiger partial charge in [0, 0.05) is 11.4 Å². The minimum atomic E-state index is -3.71. The van der Waals surface area contributed by atoms with Crippen LogP contribution in [-0.4, -0.2) is 28.3 Å². The highest BCUT2D eigenvalue weighted by Gasteiger charge is 2.32. The number of hydrogen-bond donors (Lipinski definition) is 1. The Kier molecular flexibility index (Phi) is 2.98. The van der Waals surface area contributed by atoms with Crippen molar-refractivity contribution in [2.45, 2.75) is 11.8 Å². The molecule has 0 spiro atoms. The highest BCUT2D eigenvalue weighted by atomic mass is 32.2. The van der Waals surface area contributed by atoms with Gasteiger partial charge in [-0.2, -0.15) is 0 Å². The third-order valence-electron chi connectivity index (χ3n) is 2.79. The maximum absolute atomic E-state index is 12.1. The number of hydrogen-bond acceptors (Lipinski definition) is 5. The van der Waals surface area contributed by atoms with Crippen molar-refractivity contribution in [3.8, 4) is 0 Å². The summed E-state index contributed by atoms with van der Waals surface area (Å²) in [4.78, 5) is 0.00810. The lowest BCUT2D eigenvalue weighted by Gasteiger charge is -2.04. The number of sulfone groups is 2. The highest BCUT2D eigenvalue weighted by Crippen LogP contribution is 2.34. The van der Waals surface area contributed by atoms with Crippen LogP contribution < -0.4 is 5.73 Å². The van der Waals surface area contributed by atoms with E-state index in [2.05, 4.69) is 0 Å². The number of nitrogen functional groups attached to an aromatic ring is 1. The van der Waals surface area contributed by atoms with Crippen molar-refractivity contribution in [3.05, 3.63) is 28.7 Å². The Hall–Kier alpha value is -1.34. The van der Waals surface area contributed by atoms with E-state index in [1.165, 1.54) is 19.1 Å². The second-order valence-electron chi connectivity index (χ2n) is 4.09. The molecule has 0 atom stereocenters. The molecule has 0 bridgehead atoms. The SMILES string of the molecule is CCS(=O)(=O)CC1=Cc2ccc(N)cc2S1(=O)=O. The zero-order valence-electron chi connectivity index (χ0n) is 9.75. The van der Waals surface area contributed by atoms with Gasteiger partial charge < -0.3 is 5.73 Å². The average Bonchev–Trinajstić information content (AvgIpc) is 2.52. The minimum absolute atomic E-state index is 0.0787. The van der Waals surface area contributed by atoms with Crippen LogP contribution in [0.1, 0.15) is 12.5 Å². The summed E-state index contributed by atoms with van der Waals surface area (Å²) in [5, 5.41) is 0. The fraction of sp³-hybridized carbons (Fsp3) is 0.273. The third kappa shape index (κ3) is 2.15. The number of benzene rings is 1. The van der Waals surface area contributed by atoms with Crippen LogP contribution in [-0.2, 0) is 19.7 Å². The fourth-order valence-corrected chi connectivity index (χ4v) is 4.91. The molecular formula is C11H13NO4S2. The minimum Gasteiger partial charge on any atom is -0.399 e. The summed E-state index contributed by atoms with van der Waals surface area (Å²) < 4.78 is 47.3. The fourth-order valence-electron chi connectivity index (χ4n) is 1.73. The summed E-state index contributed by atoms with van der Waals surface area (Å²) >= 11 is 0. The molecule has 1 heterocycles. The average molecular weight is 287 g/mol. The number of nitrogens with two attached hydrogens (primary N) is 1. The monoisotopic (exact) mass is 287 g/mol. The maximum Gasteiger partial charge on any atom is 0.204 e. The van der Waals surface area contributed by atoms with Gasteiger partial charge in [0.15, 0.2) is 9.84 Å². The van der Waals surface area contributed by atoms with Crippen molar-refractivity contribution in [1.82, 2.24) is 0 Å². The van der Waals surface area contributed by atoms with E-state index in [1.807, 2.05) is 0 Å². The van der Waals surface area contributed by atoms with Crippen LogP contribution in [0.5, 0.6) is 0 Å². The van der Waals surface area contributed by atoms with Crippen LogP contribution in [0.2, 0.25) is 0 Å². The Morgan fingerprint density at radius 2 is 1.94 bits per heavy atom. The molecule has 0 radical (unpaired) electrons. The van der Waals surface area contributed by atoms with E-state index in [-0.39, 0.29) is 15.6 Å². The lowest BCUT2D eigenvalue weighted by Crippen LogP contribution is -2.14. The summed E-state index contributed by atoms with van der Waals surface area (Å²) in [6, 6.07) is 4.52. The molecule has 1 aromatic rings. The van der Waals surface area contributed by atoms with Gasteiger partial charge in [-0.15, -0.1) is 0 Å². The van der Waals surface area contributed by atoms with Crippen LogP contribution in [0, 0.1) is 0 Å². The Morgan fingerprint density at radius 1 is 1.28 bits per heavy atom. The Balaban J connectivity index is 2.51. The standard InChI is InChI=1S/C11H13NO4S2/c1-2-17(13,14)7-10-5-8-3-4-9(12)6-11(8)18(10,15)16/h3-6H,2,7,12H2,1H3. The lowest BCUT2D eigenvalue weighted by atomic mass is 10.2. The van der Waals surface area contributed by atoms with Gasteiger partial charge in [-0.3, -0.25) is 0 Å². The van der Waals surface area contributed by atoms with Gasteiger partial charge >= 0.3 is 0 Å². The zero-order valence-corrected chi connectivity index (χ0v) is 11.4. The maximum atomic E-state index is 12.1. The van der Waals surface area contributed by atoms with Crippen LogP contribution >= 0.6 is 0 Å². The Bertz CT molecular complexity index is 730. The molecule has 0 fully saturated rings. The molecule has 18 heavy (non-hydrogen) atoms. The molecule has 2 N–H and O–H groups in total. The molecular weight excluding hydrogens is 274 g/mol. The van der Waals surface area contributed by atoms with Gasteiger partial charge in [-0.1, -0.05) is 13.0 Å². The van der Waals surface area contributed by atoms with Crippen LogP contribution in [0.3, 0.4) is 0 Å². The molecule has 2 rings (SSSR count). The van der Waals surface area contributed by atoms with Gasteiger partial charge in [0.1, 0.15) is 0 Å². The number of rotatable bonds is 3. The molecule has 0 saturated heterocycles. The van der Waals surface area contributed by atoms with E-state index in [1.54, 1.807) is 12.1 Å². The van der Waals surface area contributed by atoms with Gasteiger partial charge in [0.2, 0.25) is 9.84 Å². The molecule has 5 nitrogen and oxygen atoms in total. The predicted octanol–water partition coefficient (Wildman–Crippen LogP) is 0.832. The second-order valence-corrected chi connectivity index (χ2v) is 8.41. The van der Waals surface area contributed by atoms with E-state index >= 15 is 0 Å². The summed E-state index contributed by atoms with van der Waals surface area (Å²) in [5.41, 5.74) is 6.37. The zero-order chi connectivity index (χ0) is 13.6. The van der Waals surface area contributed by atoms with E-state index < -0.39 is 25.4 Å². The Morgan fingerprint density at radius 3 is 2.56 bits per heavy atom. The van der Waals surface area contributed by atoms with E-state index in [4.69, 9.17) is 5.73 Å². The van der Waals surface area contributed by atoms with Gasteiger partial charge in [-0.25, -0.2) is 16.8 Å². The predicted molar refractivity (Wildman–Crippen MR) is 70.3 cm³/mol. The largest absolute Gasteiger partial charge is 0.399 e. The number of fused-ring (bicyclic) bond motifs is 1. The summed E-state index contributed by atoms with van der Waals surface area (Å²) in [5.74, 6) is -0.543. The molecule has 1 aliphatic heterocycles. The van der Waals surface area contributed by atoms with Gasteiger partial charge in [0.05, 0.1) is 15.6 Å². The molecule has 0 unspecified atom stereocenters.